The van der Waals surface area contributed by atoms with Gasteiger partial charge in [0.25, 0.3) is 5.91 Å². The van der Waals surface area contributed by atoms with Crippen molar-refractivity contribution in [2.45, 2.75) is 19.0 Å². The molecule has 0 saturated carbocycles. The fraction of sp³-hybridized carbons (Fsp3) is 0.185. The monoisotopic (exact) mass is 480 g/mol. The lowest BCUT2D eigenvalue weighted by Crippen LogP contribution is -2.30. The smallest absolute Gasteiger partial charge is 0.274 e. The average Bonchev–Trinajstić information content (AvgIpc) is 3.57. The maximum atomic E-state index is 13.0. The van der Waals surface area contributed by atoms with Crippen LogP contribution in [0.3, 0.4) is 0 Å². The van der Waals surface area contributed by atoms with Crippen molar-refractivity contribution in [3.63, 3.8) is 0 Å². The number of amides is 1. The van der Waals surface area contributed by atoms with Gasteiger partial charge in [0.05, 0.1) is 11.2 Å². The van der Waals surface area contributed by atoms with Gasteiger partial charge in [-0.05, 0) is 48.9 Å². The summed E-state index contributed by atoms with van der Waals surface area (Å²) < 4.78 is 0. The maximum absolute atomic E-state index is 13.0. The summed E-state index contributed by atoms with van der Waals surface area (Å²) in [4.78, 5) is 27.9. The molecular formula is C27H24N6OS. The number of hydrogen-bond acceptors (Lipinski definition) is 7. The Hall–Kier alpha value is -3.72. The summed E-state index contributed by atoms with van der Waals surface area (Å²) in [5.74, 6) is -0.253. The van der Waals surface area contributed by atoms with Crippen molar-refractivity contribution in [3.8, 4) is 10.6 Å². The third-order valence-corrected chi connectivity index (χ3v) is 7.21. The van der Waals surface area contributed by atoms with Crippen LogP contribution in [0, 0.1) is 0 Å². The molecule has 0 spiro atoms. The lowest BCUT2D eigenvalue weighted by Gasteiger charge is -2.10. The van der Waals surface area contributed by atoms with E-state index in [0.29, 0.717) is 17.4 Å². The topological polar surface area (TPSA) is 91.8 Å². The molecule has 35 heavy (non-hydrogen) atoms. The minimum Gasteiger partial charge on any atom is -0.320 e. The van der Waals surface area contributed by atoms with Crippen molar-refractivity contribution < 1.29 is 4.79 Å². The molecule has 0 bridgehead atoms. The molecule has 174 valence electrons. The van der Waals surface area contributed by atoms with Crippen molar-refractivity contribution in [1.29, 1.82) is 0 Å². The van der Waals surface area contributed by atoms with Gasteiger partial charge >= 0.3 is 0 Å². The predicted octanol–water partition coefficient (Wildman–Crippen LogP) is 4.61. The molecule has 1 atom stereocenters. The molecule has 1 amide bonds. The van der Waals surface area contributed by atoms with E-state index in [4.69, 9.17) is 4.98 Å². The molecule has 5 aromatic rings. The van der Waals surface area contributed by atoms with Gasteiger partial charge in [-0.3, -0.25) is 4.79 Å². The van der Waals surface area contributed by atoms with Gasteiger partial charge in [0.15, 0.2) is 0 Å². The second kappa shape index (κ2) is 9.50. The van der Waals surface area contributed by atoms with E-state index < -0.39 is 0 Å². The molecule has 1 saturated heterocycles. The van der Waals surface area contributed by atoms with E-state index in [9.17, 15) is 4.79 Å². The highest BCUT2D eigenvalue weighted by atomic mass is 32.1. The molecule has 4 heterocycles. The highest BCUT2D eigenvalue weighted by molar-refractivity contribution is 7.21. The molecule has 1 aliphatic heterocycles. The van der Waals surface area contributed by atoms with Crippen molar-refractivity contribution >= 4 is 44.2 Å². The quantitative estimate of drug-likeness (QED) is 0.329. The van der Waals surface area contributed by atoms with E-state index in [0.717, 1.165) is 63.4 Å². The summed E-state index contributed by atoms with van der Waals surface area (Å²) in [6, 6.07) is 21.7. The van der Waals surface area contributed by atoms with E-state index in [1.807, 2.05) is 60.8 Å². The standard InChI is InChI=1S/C27H24N6OS/c34-25(23-10-9-18-5-1-3-7-21(18)31-23)32-22-8-4-2-6-20(22)26-33-24-13-17(15-30-27(24)35-26)14-29-19-11-12-28-16-19/h1-10,13,15,19,28-29H,11-12,14,16H2,(H,32,34)/t19-/m0/s1. The Kier molecular flexibility index (Phi) is 5.91. The summed E-state index contributed by atoms with van der Waals surface area (Å²) in [6.07, 6.45) is 3.06. The number of nitrogens with one attached hydrogen (secondary N) is 3. The van der Waals surface area contributed by atoms with Crippen molar-refractivity contribution in [1.82, 2.24) is 25.6 Å². The summed E-state index contributed by atoms with van der Waals surface area (Å²) >= 11 is 1.52. The van der Waals surface area contributed by atoms with Crippen LogP contribution < -0.4 is 16.0 Å². The summed E-state index contributed by atoms with van der Waals surface area (Å²) in [5, 5.41) is 11.8. The minimum absolute atomic E-state index is 0.253. The second-order valence-electron chi connectivity index (χ2n) is 8.65. The first kappa shape index (κ1) is 21.8. The van der Waals surface area contributed by atoms with E-state index in [2.05, 4.69) is 32.0 Å². The summed E-state index contributed by atoms with van der Waals surface area (Å²) in [6.45, 7) is 2.85. The first-order valence-corrected chi connectivity index (χ1v) is 12.5. The number of nitrogens with zero attached hydrogens (tertiary/aromatic N) is 3. The number of carbonyl (C=O) groups is 1. The van der Waals surface area contributed by atoms with Gasteiger partial charge < -0.3 is 16.0 Å². The number of para-hydroxylation sites is 2. The third-order valence-electron chi connectivity index (χ3n) is 6.20. The van der Waals surface area contributed by atoms with Crippen LogP contribution in [0.4, 0.5) is 5.69 Å². The van der Waals surface area contributed by atoms with Gasteiger partial charge in [-0.1, -0.05) is 47.7 Å². The average molecular weight is 481 g/mol. The van der Waals surface area contributed by atoms with Gasteiger partial charge in [0, 0.05) is 36.3 Å². The Morgan fingerprint density at radius 1 is 1.03 bits per heavy atom. The molecule has 1 fully saturated rings. The maximum Gasteiger partial charge on any atom is 0.274 e. The van der Waals surface area contributed by atoms with Gasteiger partial charge in [-0.2, -0.15) is 0 Å². The van der Waals surface area contributed by atoms with E-state index in [-0.39, 0.29) is 5.91 Å². The Morgan fingerprint density at radius 2 is 1.91 bits per heavy atom. The van der Waals surface area contributed by atoms with E-state index in [1.54, 1.807) is 6.07 Å². The fourth-order valence-electron chi connectivity index (χ4n) is 4.33. The number of benzene rings is 2. The number of carbonyl (C=O) groups excluding carboxylic acids is 1. The van der Waals surface area contributed by atoms with Crippen LogP contribution in [0.25, 0.3) is 31.8 Å². The summed E-state index contributed by atoms with van der Waals surface area (Å²) in [5.41, 5.74) is 4.71. The lowest BCUT2D eigenvalue weighted by molar-refractivity contribution is 0.102. The van der Waals surface area contributed by atoms with Crippen LogP contribution in [0.15, 0.2) is 72.9 Å². The van der Waals surface area contributed by atoms with Crippen molar-refractivity contribution in [2.75, 3.05) is 18.4 Å². The fourth-order valence-corrected chi connectivity index (χ4v) is 5.25. The number of aromatic nitrogens is 3. The predicted molar refractivity (Wildman–Crippen MR) is 141 cm³/mol. The number of fused-ring (bicyclic) bond motifs is 2. The molecule has 0 unspecified atom stereocenters. The van der Waals surface area contributed by atoms with Gasteiger partial charge in [-0.25, -0.2) is 15.0 Å². The SMILES string of the molecule is O=C(Nc1ccccc1-c1nc2cc(CN[C@H]3CCNC3)cnc2s1)c1ccc2ccccc2n1. The van der Waals surface area contributed by atoms with E-state index >= 15 is 0 Å². The molecule has 1 aliphatic rings. The zero-order chi connectivity index (χ0) is 23.6. The second-order valence-corrected chi connectivity index (χ2v) is 9.62. The lowest BCUT2D eigenvalue weighted by atomic mass is 10.1. The Morgan fingerprint density at radius 3 is 2.83 bits per heavy atom. The number of hydrogen-bond donors (Lipinski definition) is 3. The Bertz CT molecular complexity index is 1520. The number of thiazole rings is 1. The van der Waals surface area contributed by atoms with Crippen LogP contribution >= 0.6 is 11.3 Å². The van der Waals surface area contributed by atoms with Crippen molar-refractivity contribution in [3.05, 3.63) is 84.2 Å². The number of pyridine rings is 2. The highest BCUT2D eigenvalue weighted by Gasteiger charge is 2.16. The van der Waals surface area contributed by atoms with Gasteiger partial charge in [0.1, 0.15) is 21.0 Å². The van der Waals surface area contributed by atoms with Crippen LogP contribution in [-0.2, 0) is 6.54 Å². The minimum atomic E-state index is -0.253. The number of anilines is 1. The van der Waals surface area contributed by atoms with Crippen molar-refractivity contribution in [2.24, 2.45) is 0 Å². The molecule has 7 nitrogen and oxygen atoms in total. The Labute approximate surface area is 206 Å². The molecule has 6 rings (SSSR count). The molecular weight excluding hydrogens is 456 g/mol. The Balaban J connectivity index is 1.24. The molecule has 0 radical (unpaired) electrons. The zero-order valence-corrected chi connectivity index (χ0v) is 19.8. The first-order chi connectivity index (χ1) is 17.2. The first-order valence-electron chi connectivity index (χ1n) is 11.7. The highest BCUT2D eigenvalue weighted by Crippen LogP contribution is 2.34. The number of rotatable bonds is 6. The molecule has 3 aromatic heterocycles. The molecule has 3 N–H and O–H groups in total. The van der Waals surface area contributed by atoms with Crippen LogP contribution in [-0.4, -0.2) is 40.0 Å². The molecule has 2 aromatic carbocycles. The molecule has 0 aliphatic carbocycles. The third kappa shape index (κ3) is 4.64. The molecule has 8 heteroatoms. The van der Waals surface area contributed by atoms with Crippen LogP contribution in [0.1, 0.15) is 22.5 Å². The zero-order valence-electron chi connectivity index (χ0n) is 19.0. The van der Waals surface area contributed by atoms with Crippen LogP contribution in [0.2, 0.25) is 0 Å². The van der Waals surface area contributed by atoms with E-state index in [1.165, 1.54) is 11.3 Å². The largest absolute Gasteiger partial charge is 0.320 e. The van der Waals surface area contributed by atoms with Crippen LogP contribution in [0.5, 0.6) is 0 Å². The van der Waals surface area contributed by atoms with Gasteiger partial charge in [0.2, 0.25) is 0 Å². The van der Waals surface area contributed by atoms with Gasteiger partial charge in [-0.15, -0.1) is 0 Å². The normalized spacial score (nSPS) is 15.6. The summed E-state index contributed by atoms with van der Waals surface area (Å²) in [7, 11) is 0.